The van der Waals surface area contributed by atoms with Crippen LogP contribution in [0.15, 0.2) is 78.9 Å². The summed E-state index contributed by atoms with van der Waals surface area (Å²) in [6.45, 7) is 8.27. The summed E-state index contributed by atoms with van der Waals surface area (Å²) >= 11 is 0. The third kappa shape index (κ3) is 5.70. The molecule has 0 saturated carbocycles. The van der Waals surface area contributed by atoms with Crippen molar-refractivity contribution in [2.45, 2.75) is 52.2 Å². The Labute approximate surface area is 192 Å². The molecule has 32 heavy (non-hydrogen) atoms. The van der Waals surface area contributed by atoms with Gasteiger partial charge in [0.25, 0.3) is 5.91 Å². The molecule has 3 aromatic rings. The van der Waals surface area contributed by atoms with Gasteiger partial charge in [-0.1, -0.05) is 48.5 Å². The molecule has 3 aromatic carbocycles. The van der Waals surface area contributed by atoms with Crippen LogP contribution >= 0.6 is 0 Å². The zero-order valence-corrected chi connectivity index (χ0v) is 19.7. The lowest BCUT2D eigenvalue weighted by atomic mass is 9.94. The Kier molecular flexibility index (Phi) is 7.93. The van der Waals surface area contributed by atoms with Crippen molar-refractivity contribution < 1.29 is 9.53 Å². The highest BCUT2D eigenvalue weighted by Gasteiger charge is 2.24. The number of hydrogen-bond acceptors (Lipinski definition) is 3. The highest BCUT2D eigenvalue weighted by atomic mass is 16.5. The number of rotatable bonds is 9. The Morgan fingerprint density at radius 2 is 1.44 bits per heavy atom. The molecular formula is C28H34N2O2. The van der Waals surface area contributed by atoms with E-state index in [1.807, 2.05) is 65.6 Å². The van der Waals surface area contributed by atoms with E-state index in [2.05, 4.69) is 51.2 Å². The van der Waals surface area contributed by atoms with E-state index in [-0.39, 0.29) is 24.0 Å². The van der Waals surface area contributed by atoms with Crippen LogP contribution in [0.3, 0.4) is 0 Å². The summed E-state index contributed by atoms with van der Waals surface area (Å²) in [4.78, 5) is 15.4. The Morgan fingerprint density at radius 3 is 2.03 bits per heavy atom. The molecule has 1 N–H and O–H groups in total. The normalized spacial score (nSPS) is 12.0. The lowest BCUT2D eigenvalue weighted by Crippen LogP contribution is -2.42. The van der Waals surface area contributed by atoms with Crippen LogP contribution in [0.2, 0.25) is 0 Å². The summed E-state index contributed by atoms with van der Waals surface area (Å²) in [5.41, 5.74) is 4.00. The molecule has 0 aliphatic carbocycles. The molecule has 168 valence electrons. The van der Waals surface area contributed by atoms with Crippen molar-refractivity contribution in [1.29, 1.82) is 0 Å². The predicted molar refractivity (Wildman–Crippen MR) is 132 cm³/mol. The highest BCUT2D eigenvalue weighted by Crippen LogP contribution is 2.27. The van der Waals surface area contributed by atoms with Gasteiger partial charge in [0.1, 0.15) is 5.75 Å². The van der Waals surface area contributed by atoms with Crippen molar-refractivity contribution in [3.05, 3.63) is 95.6 Å². The Morgan fingerprint density at radius 1 is 0.844 bits per heavy atom. The van der Waals surface area contributed by atoms with Crippen LogP contribution in [0.4, 0.5) is 5.69 Å². The lowest BCUT2D eigenvalue weighted by Gasteiger charge is -2.32. The molecule has 0 spiro atoms. The van der Waals surface area contributed by atoms with E-state index in [1.54, 1.807) is 7.11 Å². The summed E-state index contributed by atoms with van der Waals surface area (Å²) in [5.74, 6) is 0.909. The van der Waals surface area contributed by atoms with Crippen molar-refractivity contribution >= 4 is 11.6 Å². The number of carbonyl (C=O) groups is 1. The monoisotopic (exact) mass is 430 g/mol. The molecule has 3 rings (SSSR count). The molecule has 0 bridgehead atoms. The van der Waals surface area contributed by atoms with E-state index in [1.165, 1.54) is 5.56 Å². The van der Waals surface area contributed by atoms with E-state index < -0.39 is 0 Å². The minimum atomic E-state index is 0.0186. The number of benzene rings is 3. The third-order valence-corrected chi connectivity index (χ3v) is 5.65. The Balaban J connectivity index is 1.93. The van der Waals surface area contributed by atoms with Crippen molar-refractivity contribution in [2.24, 2.45) is 0 Å². The molecule has 0 fully saturated rings. The number of anilines is 1. The fraction of sp³-hybridized carbons (Fsp3) is 0.321. The van der Waals surface area contributed by atoms with Gasteiger partial charge >= 0.3 is 0 Å². The summed E-state index contributed by atoms with van der Waals surface area (Å²) in [7, 11) is 1.67. The molecule has 0 radical (unpaired) electrons. The maximum atomic E-state index is 13.5. The number of hydrogen-bond donors (Lipinski definition) is 1. The lowest BCUT2D eigenvalue weighted by molar-refractivity contribution is 0.0642. The summed E-state index contributed by atoms with van der Waals surface area (Å²) in [6, 6.07) is 26.6. The van der Waals surface area contributed by atoms with Gasteiger partial charge in [-0.05, 0) is 75.6 Å². The molecule has 0 aliphatic rings. The van der Waals surface area contributed by atoms with Crippen molar-refractivity contribution in [1.82, 2.24) is 4.90 Å². The second-order valence-electron chi connectivity index (χ2n) is 8.60. The van der Waals surface area contributed by atoms with E-state index >= 15 is 0 Å². The molecule has 0 saturated heterocycles. The molecule has 4 heteroatoms. The number of ether oxygens (including phenoxy) is 1. The van der Waals surface area contributed by atoms with Crippen LogP contribution in [0, 0.1) is 0 Å². The van der Waals surface area contributed by atoms with E-state index in [4.69, 9.17) is 4.74 Å². The first-order valence-corrected chi connectivity index (χ1v) is 11.3. The molecule has 1 atom stereocenters. The second-order valence-corrected chi connectivity index (χ2v) is 8.60. The van der Waals surface area contributed by atoms with Crippen LogP contribution < -0.4 is 10.1 Å². The largest absolute Gasteiger partial charge is 0.497 e. The summed E-state index contributed by atoms with van der Waals surface area (Å²) in [6.07, 6.45) is 0.696. The fourth-order valence-electron chi connectivity index (χ4n) is 4.16. The standard InChI is InChI=1S/C28H34N2O2/c1-20(2)30(21(3)4)28(31)26-14-10-9-13-23(26)19-27(22-11-7-6-8-12-22)29-24-15-17-25(32-5)18-16-24/h6-18,20-21,27,29H,19H2,1-5H3/t27-/m1/s1. The highest BCUT2D eigenvalue weighted by molar-refractivity contribution is 5.96. The van der Waals surface area contributed by atoms with Gasteiger partial charge in [0.15, 0.2) is 0 Å². The fourth-order valence-corrected chi connectivity index (χ4v) is 4.16. The van der Waals surface area contributed by atoms with Gasteiger partial charge in [0.2, 0.25) is 0 Å². The first-order valence-electron chi connectivity index (χ1n) is 11.3. The average molecular weight is 431 g/mol. The summed E-state index contributed by atoms with van der Waals surface area (Å²) in [5, 5.41) is 3.66. The van der Waals surface area contributed by atoms with Gasteiger partial charge in [-0.3, -0.25) is 4.79 Å². The molecule has 4 nitrogen and oxygen atoms in total. The van der Waals surface area contributed by atoms with E-state index in [0.717, 1.165) is 22.6 Å². The van der Waals surface area contributed by atoms with Crippen molar-refractivity contribution in [2.75, 3.05) is 12.4 Å². The first-order chi connectivity index (χ1) is 15.4. The zero-order chi connectivity index (χ0) is 23.1. The van der Waals surface area contributed by atoms with Crippen LogP contribution in [0.25, 0.3) is 0 Å². The first kappa shape index (κ1) is 23.4. The Hall–Kier alpha value is -3.27. The smallest absolute Gasteiger partial charge is 0.254 e. The Bertz CT molecular complexity index is 989. The molecule has 0 heterocycles. The van der Waals surface area contributed by atoms with E-state index in [9.17, 15) is 4.79 Å². The SMILES string of the molecule is COc1ccc(N[C@H](Cc2ccccc2C(=O)N(C(C)C)C(C)C)c2ccccc2)cc1. The number of methoxy groups -OCH3 is 1. The molecule has 0 aromatic heterocycles. The van der Waals surface area contributed by atoms with Crippen LogP contribution in [-0.4, -0.2) is 30.0 Å². The number of carbonyl (C=O) groups excluding carboxylic acids is 1. The zero-order valence-electron chi connectivity index (χ0n) is 19.7. The van der Waals surface area contributed by atoms with Crippen LogP contribution in [-0.2, 0) is 6.42 Å². The maximum Gasteiger partial charge on any atom is 0.254 e. The van der Waals surface area contributed by atoms with Crippen LogP contribution in [0.1, 0.15) is 55.2 Å². The van der Waals surface area contributed by atoms with Crippen LogP contribution in [0.5, 0.6) is 5.75 Å². The molecule has 0 aliphatic heterocycles. The average Bonchev–Trinajstić information content (AvgIpc) is 2.79. The number of amides is 1. The summed E-state index contributed by atoms with van der Waals surface area (Å²) < 4.78 is 5.29. The minimum Gasteiger partial charge on any atom is -0.497 e. The van der Waals surface area contributed by atoms with E-state index in [0.29, 0.717) is 6.42 Å². The van der Waals surface area contributed by atoms with Gasteiger partial charge in [-0.25, -0.2) is 0 Å². The topological polar surface area (TPSA) is 41.6 Å². The quantitative estimate of drug-likeness (QED) is 0.430. The molecular weight excluding hydrogens is 396 g/mol. The third-order valence-electron chi connectivity index (χ3n) is 5.65. The predicted octanol–water partition coefficient (Wildman–Crippen LogP) is 6.35. The maximum absolute atomic E-state index is 13.5. The van der Waals surface area contributed by atoms with Gasteiger partial charge in [-0.15, -0.1) is 0 Å². The molecule has 1 amide bonds. The number of nitrogens with one attached hydrogen (secondary N) is 1. The molecule has 0 unspecified atom stereocenters. The van der Waals surface area contributed by atoms with Crippen molar-refractivity contribution in [3.63, 3.8) is 0 Å². The second kappa shape index (κ2) is 10.9. The number of nitrogens with zero attached hydrogens (tertiary/aromatic N) is 1. The van der Waals surface area contributed by atoms with Gasteiger partial charge < -0.3 is 15.0 Å². The van der Waals surface area contributed by atoms with Crippen molar-refractivity contribution in [3.8, 4) is 5.75 Å². The van der Waals surface area contributed by atoms with Gasteiger partial charge in [0.05, 0.1) is 13.2 Å². The minimum absolute atomic E-state index is 0.0186. The van der Waals surface area contributed by atoms with Gasteiger partial charge in [-0.2, -0.15) is 0 Å². The van der Waals surface area contributed by atoms with Gasteiger partial charge in [0, 0.05) is 23.3 Å².